The van der Waals surface area contributed by atoms with Crippen molar-refractivity contribution < 1.29 is 4.74 Å². The molecule has 0 N–H and O–H groups in total. The van der Waals surface area contributed by atoms with E-state index in [9.17, 15) is 0 Å². The fourth-order valence-corrected chi connectivity index (χ4v) is 1.99. The second-order valence-corrected chi connectivity index (χ2v) is 5.02. The Balaban J connectivity index is 2.40. The lowest BCUT2D eigenvalue weighted by Crippen LogP contribution is -2.39. The highest BCUT2D eigenvalue weighted by Crippen LogP contribution is 2.07. The Morgan fingerprint density at radius 2 is 1.83 bits per heavy atom. The number of alkyl halides is 1. The highest BCUT2D eigenvalue weighted by molar-refractivity contribution is 6.16. The Labute approximate surface area is 114 Å². The van der Waals surface area contributed by atoms with Crippen LogP contribution in [0, 0.1) is 0 Å². The van der Waals surface area contributed by atoms with Crippen LogP contribution < -0.4 is 4.74 Å². The van der Waals surface area contributed by atoms with Gasteiger partial charge >= 0.3 is 0 Å². The maximum absolute atomic E-state index is 5.64. The molecule has 1 aromatic heterocycles. The molecule has 0 radical (unpaired) electrons. The number of hydrogen-bond acceptors (Lipinski definition) is 4. The first kappa shape index (κ1) is 15.2. The van der Waals surface area contributed by atoms with Gasteiger partial charge in [-0.15, -0.1) is 11.6 Å². The summed E-state index contributed by atoms with van der Waals surface area (Å²) in [5.74, 6) is 0.929. The van der Waals surface area contributed by atoms with Crippen molar-refractivity contribution in [3.63, 3.8) is 0 Å². The lowest BCUT2D eigenvalue weighted by Gasteiger charge is -2.30. The lowest BCUT2D eigenvalue weighted by atomic mass is 10.2. The van der Waals surface area contributed by atoms with Gasteiger partial charge < -0.3 is 4.74 Å². The quantitative estimate of drug-likeness (QED) is 0.715. The number of nitrogens with zero attached hydrogens (tertiary/aromatic N) is 3. The van der Waals surface area contributed by atoms with Crippen LogP contribution in [0.3, 0.4) is 0 Å². The van der Waals surface area contributed by atoms with Gasteiger partial charge in [0.25, 0.3) is 0 Å². The van der Waals surface area contributed by atoms with Crippen molar-refractivity contribution in [2.45, 2.75) is 45.7 Å². The summed E-state index contributed by atoms with van der Waals surface area (Å²) in [7, 11) is 0. The molecule has 0 aliphatic rings. The zero-order valence-electron chi connectivity index (χ0n) is 11.6. The summed E-state index contributed by atoms with van der Waals surface area (Å²) in [4.78, 5) is 10.7. The summed E-state index contributed by atoms with van der Waals surface area (Å²) in [5.41, 5.74) is 0.759. The molecule has 1 aromatic rings. The van der Waals surface area contributed by atoms with E-state index in [-0.39, 0.29) is 0 Å². The van der Waals surface area contributed by atoms with Crippen molar-refractivity contribution in [3.05, 3.63) is 18.1 Å². The van der Waals surface area contributed by atoms with Crippen LogP contribution in [0.25, 0.3) is 0 Å². The van der Waals surface area contributed by atoms with Gasteiger partial charge in [-0.2, -0.15) is 0 Å². The van der Waals surface area contributed by atoms with Crippen LogP contribution in [0.1, 0.15) is 33.4 Å². The minimum atomic E-state index is 0.377. The van der Waals surface area contributed by atoms with Crippen LogP contribution in [0.4, 0.5) is 0 Å². The zero-order chi connectivity index (χ0) is 13.5. The standard InChI is InChI=1S/C13H22ClN3O/c1-10(2)17(11(3)4)5-6-18-13-9-15-12(7-14)8-16-13/h8-11H,5-7H2,1-4H3. The number of rotatable bonds is 7. The number of aromatic nitrogens is 2. The molecule has 5 heteroatoms. The van der Waals surface area contributed by atoms with Crippen LogP contribution in [0.5, 0.6) is 5.88 Å². The molecule has 1 rings (SSSR count). The zero-order valence-corrected chi connectivity index (χ0v) is 12.3. The molecule has 102 valence electrons. The first-order valence-electron chi connectivity index (χ1n) is 6.30. The Morgan fingerprint density at radius 3 is 2.28 bits per heavy atom. The second-order valence-electron chi connectivity index (χ2n) is 4.75. The van der Waals surface area contributed by atoms with Crippen LogP contribution >= 0.6 is 11.6 Å². The van der Waals surface area contributed by atoms with E-state index in [1.165, 1.54) is 0 Å². The van der Waals surface area contributed by atoms with Gasteiger partial charge in [-0.05, 0) is 27.7 Å². The molecule has 0 bridgehead atoms. The Hall–Kier alpha value is -0.870. The third-order valence-electron chi connectivity index (χ3n) is 2.74. The maximum atomic E-state index is 5.64. The molecular weight excluding hydrogens is 250 g/mol. The van der Waals surface area contributed by atoms with Crippen molar-refractivity contribution >= 4 is 11.6 Å². The molecule has 18 heavy (non-hydrogen) atoms. The molecule has 0 fully saturated rings. The van der Waals surface area contributed by atoms with Gasteiger partial charge in [-0.25, -0.2) is 4.98 Å². The number of halogens is 1. The average Bonchev–Trinajstić information content (AvgIpc) is 2.34. The smallest absolute Gasteiger partial charge is 0.232 e. The number of hydrogen-bond donors (Lipinski definition) is 0. The highest BCUT2D eigenvalue weighted by Gasteiger charge is 2.12. The van der Waals surface area contributed by atoms with E-state index in [4.69, 9.17) is 16.3 Å². The maximum Gasteiger partial charge on any atom is 0.232 e. The van der Waals surface area contributed by atoms with Crippen LogP contribution in [0.2, 0.25) is 0 Å². The molecule has 0 aliphatic carbocycles. The summed E-state index contributed by atoms with van der Waals surface area (Å²) in [6, 6.07) is 1.02. The van der Waals surface area contributed by atoms with Gasteiger partial charge in [0.05, 0.1) is 24.0 Å². The SMILES string of the molecule is CC(C)N(CCOc1cnc(CCl)cn1)C(C)C. The molecule has 0 atom stereocenters. The highest BCUT2D eigenvalue weighted by atomic mass is 35.5. The van der Waals surface area contributed by atoms with E-state index in [0.717, 1.165) is 12.2 Å². The van der Waals surface area contributed by atoms with Gasteiger partial charge in [0.1, 0.15) is 6.61 Å². The number of ether oxygens (including phenoxy) is 1. The van der Waals surface area contributed by atoms with E-state index in [0.29, 0.717) is 30.5 Å². The largest absolute Gasteiger partial charge is 0.475 e. The van der Waals surface area contributed by atoms with Crippen molar-refractivity contribution in [2.75, 3.05) is 13.2 Å². The molecule has 0 saturated heterocycles. The molecule has 0 aliphatic heterocycles. The van der Waals surface area contributed by atoms with Crippen molar-refractivity contribution in [1.82, 2.24) is 14.9 Å². The fourth-order valence-electron chi connectivity index (χ4n) is 1.85. The van der Waals surface area contributed by atoms with Gasteiger partial charge in [0, 0.05) is 18.6 Å². The molecule has 0 spiro atoms. The molecule has 0 saturated carbocycles. The first-order valence-corrected chi connectivity index (χ1v) is 6.83. The van der Waals surface area contributed by atoms with Crippen molar-refractivity contribution in [1.29, 1.82) is 0 Å². The summed E-state index contributed by atoms with van der Waals surface area (Å²) in [6.07, 6.45) is 3.26. The second kappa shape index (κ2) is 7.54. The fraction of sp³-hybridized carbons (Fsp3) is 0.692. The molecule has 1 heterocycles. The predicted molar refractivity (Wildman–Crippen MR) is 74.1 cm³/mol. The molecule has 4 nitrogen and oxygen atoms in total. The molecular formula is C13H22ClN3O. The van der Waals surface area contributed by atoms with E-state index in [1.54, 1.807) is 12.4 Å². The van der Waals surface area contributed by atoms with Gasteiger partial charge in [-0.1, -0.05) is 0 Å². The molecule has 0 amide bonds. The predicted octanol–water partition coefficient (Wildman–Crippen LogP) is 2.71. The Morgan fingerprint density at radius 1 is 1.17 bits per heavy atom. The monoisotopic (exact) mass is 271 g/mol. The minimum absolute atomic E-state index is 0.377. The van der Waals surface area contributed by atoms with E-state index in [2.05, 4.69) is 42.6 Å². The first-order chi connectivity index (χ1) is 8.54. The topological polar surface area (TPSA) is 38.2 Å². The Kier molecular flexibility index (Phi) is 6.36. The van der Waals surface area contributed by atoms with Crippen LogP contribution in [-0.4, -0.2) is 40.1 Å². The van der Waals surface area contributed by atoms with Crippen LogP contribution in [-0.2, 0) is 5.88 Å². The van der Waals surface area contributed by atoms with E-state index in [1.807, 2.05) is 0 Å². The summed E-state index contributed by atoms with van der Waals surface area (Å²) < 4.78 is 5.58. The van der Waals surface area contributed by atoms with Gasteiger partial charge in [-0.3, -0.25) is 9.88 Å². The lowest BCUT2D eigenvalue weighted by molar-refractivity contribution is 0.140. The van der Waals surface area contributed by atoms with Crippen molar-refractivity contribution in [3.8, 4) is 5.88 Å². The molecule has 0 unspecified atom stereocenters. The third kappa shape index (κ3) is 4.78. The van der Waals surface area contributed by atoms with Gasteiger partial charge in [0.15, 0.2) is 0 Å². The molecule has 0 aromatic carbocycles. The van der Waals surface area contributed by atoms with Crippen LogP contribution in [0.15, 0.2) is 12.4 Å². The normalized spacial score (nSPS) is 11.6. The summed E-state index contributed by atoms with van der Waals surface area (Å²) in [5, 5.41) is 0. The minimum Gasteiger partial charge on any atom is -0.475 e. The average molecular weight is 272 g/mol. The Bertz CT molecular complexity index is 333. The summed E-state index contributed by atoms with van der Waals surface area (Å²) >= 11 is 5.64. The van der Waals surface area contributed by atoms with E-state index >= 15 is 0 Å². The van der Waals surface area contributed by atoms with Gasteiger partial charge in [0.2, 0.25) is 5.88 Å². The van der Waals surface area contributed by atoms with Crippen molar-refractivity contribution in [2.24, 2.45) is 0 Å². The summed E-state index contributed by atoms with van der Waals surface area (Å²) in [6.45, 7) is 10.3. The van der Waals surface area contributed by atoms with E-state index < -0.39 is 0 Å². The third-order valence-corrected chi connectivity index (χ3v) is 3.02.